The van der Waals surface area contributed by atoms with Crippen LogP contribution in [0, 0.1) is 6.92 Å². The molecule has 2 aromatic rings. The molecule has 0 saturated carbocycles. The highest BCUT2D eigenvalue weighted by atomic mass is 16.5. The van der Waals surface area contributed by atoms with Gasteiger partial charge in [0.25, 0.3) is 0 Å². The Balaban J connectivity index is 1.42. The van der Waals surface area contributed by atoms with Crippen molar-refractivity contribution in [2.24, 2.45) is 5.10 Å². The molecule has 4 nitrogen and oxygen atoms in total. The van der Waals surface area contributed by atoms with E-state index in [1.54, 1.807) is 6.21 Å². The van der Waals surface area contributed by atoms with Crippen molar-refractivity contribution < 1.29 is 9.53 Å². The first kappa shape index (κ1) is 30.6. The van der Waals surface area contributed by atoms with Gasteiger partial charge in [0.05, 0.1) is 6.21 Å². The molecule has 204 valence electrons. The lowest BCUT2D eigenvalue weighted by atomic mass is 10.0. The fraction of sp³-hybridized carbons (Fsp3) is 0.576. The van der Waals surface area contributed by atoms with Gasteiger partial charge < -0.3 is 4.74 Å². The molecule has 0 aliphatic rings. The SMILES string of the molecule is CCCCCCCCCCCCCCCCCC(=O)N/N=C\c1ccc(OCc2ccc(C)cc2)cc1. The minimum absolute atomic E-state index is 0.0102. The number of ether oxygens (including phenoxy) is 1. The maximum absolute atomic E-state index is 12.0. The number of hydrogen-bond acceptors (Lipinski definition) is 3. The first-order chi connectivity index (χ1) is 18.2. The van der Waals surface area contributed by atoms with E-state index in [-0.39, 0.29) is 5.91 Å². The van der Waals surface area contributed by atoms with Crippen LogP contribution in [0.4, 0.5) is 0 Å². The number of nitrogens with zero attached hydrogens (tertiary/aromatic N) is 1. The minimum atomic E-state index is -0.0102. The van der Waals surface area contributed by atoms with Crippen LogP contribution in [0.5, 0.6) is 5.75 Å². The molecular weight excluding hydrogens is 456 g/mol. The molecule has 4 heteroatoms. The quantitative estimate of drug-likeness (QED) is 0.104. The van der Waals surface area contributed by atoms with Gasteiger partial charge in [-0.25, -0.2) is 5.43 Å². The molecule has 0 atom stereocenters. The Kier molecular flexibility index (Phi) is 16.9. The average Bonchev–Trinajstić information content (AvgIpc) is 2.91. The Morgan fingerprint density at radius 1 is 0.730 bits per heavy atom. The summed E-state index contributed by atoms with van der Waals surface area (Å²) in [6.45, 7) is 4.90. The van der Waals surface area contributed by atoms with Gasteiger partial charge in [-0.05, 0) is 48.7 Å². The van der Waals surface area contributed by atoms with Gasteiger partial charge in [-0.15, -0.1) is 0 Å². The first-order valence-corrected chi connectivity index (χ1v) is 14.8. The molecule has 2 rings (SSSR count). The second-order valence-corrected chi connectivity index (χ2v) is 10.3. The molecule has 1 amide bonds. The van der Waals surface area contributed by atoms with Gasteiger partial charge in [0.1, 0.15) is 12.4 Å². The Bertz CT molecular complexity index is 859. The maximum Gasteiger partial charge on any atom is 0.240 e. The summed E-state index contributed by atoms with van der Waals surface area (Å²) in [5, 5.41) is 4.10. The van der Waals surface area contributed by atoms with E-state index in [0.29, 0.717) is 13.0 Å². The van der Waals surface area contributed by atoms with Gasteiger partial charge in [0.2, 0.25) is 5.91 Å². The predicted molar refractivity (Wildman–Crippen MR) is 157 cm³/mol. The number of carbonyl (C=O) groups excluding carboxylic acids is 1. The summed E-state index contributed by atoms with van der Waals surface area (Å²) in [5.41, 5.74) is 5.96. The number of aryl methyl sites for hydroxylation is 1. The Hall–Kier alpha value is -2.62. The van der Waals surface area contributed by atoms with Crippen molar-refractivity contribution in [3.05, 3.63) is 65.2 Å². The zero-order valence-corrected chi connectivity index (χ0v) is 23.5. The molecule has 0 aliphatic carbocycles. The van der Waals surface area contributed by atoms with E-state index in [9.17, 15) is 4.79 Å². The number of nitrogens with one attached hydrogen (secondary N) is 1. The topological polar surface area (TPSA) is 50.7 Å². The minimum Gasteiger partial charge on any atom is -0.489 e. The van der Waals surface area contributed by atoms with Crippen LogP contribution in [-0.2, 0) is 11.4 Å². The zero-order valence-electron chi connectivity index (χ0n) is 23.5. The second kappa shape index (κ2) is 20.4. The van der Waals surface area contributed by atoms with Crippen LogP contribution in [0.2, 0.25) is 0 Å². The largest absolute Gasteiger partial charge is 0.489 e. The molecule has 0 aromatic heterocycles. The van der Waals surface area contributed by atoms with Gasteiger partial charge in [0.15, 0.2) is 0 Å². The molecule has 0 spiro atoms. The van der Waals surface area contributed by atoms with Crippen molar-refractivity contribution in [3.8, 4) is 5.75 Å². The number of carbonyl (C=O) groups is 1. The lowest BCUT2D eigenvalue weighted by Gasteiger charge is -2.07. The number of hydrogen-bond donors (Lipinski definition) is 1. The van der Waals surface area contributed by atoms with E-state index >= 15 is 0 Å². The van der Waals surface area contributed by atoms with Gasteiger partial charge >= 0.3 is 0 Å². The van der Waals surface area contributed by atoms with Crippen LogP contribution in [0.15, 0.2) is 53.6 Å². The third-order valence-electron chi connectivity index (χ3n) is 6.82. The molecule has 0 unspecified atom stereocenters. The van der Waals surface area contributed by atoms with E-state index in [1.165, 1.54) is 89.0 Å². The number of benzene rings is 2. The van der Waals surface area contributed by atoms with E-state index in [2.05, 4.69) is 48.6 Å². The molecule has 0 saturated heterocycles. The normalized spacial score (nSPS) is 11.2. The molecule has 0 radical (unpaired) electrons. The molecule has 0 fully saturated rings. The lowest BCUT2D eigenvalue weighted by Crippen LogP contribution is -2.16. The highest BCUT2D eigenvalue weighted by Crippen LogP contribution is 2.15. The number of hydrazone groups is 1. The van der Waals surface area contributed by atoms with Gasteiger partial charge in [-0.2, -0.15) is 5.10 Å². The van der Waals surface area contributed by atoms with Gasteiger partial charge in [-0.1, -0.05) is 127 Å². The van der Waals surface area contributed by atoms with Crippen LogP contribution < -0.4 is 10.2 Å². The van der Waals surface area contributed by atoms with E-state index in [1.807, 2.05) is 24.3 Å². The summed E-state index contributed by atoms with van der Waals surface area (Å²) in [5.74, 6) is 0.805. The van der Waals surface area contributed by atoms with Crippen LogP contribution in [0.3, 0.4) is 0 Å². The summed E-state index contributed by atoms with van der Waals surface area (Å²) in [4.78, 5) is 12.0. The van der Waals surface area contributed by atoms with Crippen molar-refractivity contribution in [2.75, 3.05) is 0 Å². The second-order valence-electron chi connectivity index (χ2n) is 10.3. The van der Waals surface area contributed by atoms with Crippen molar-refractivity contribution in [3.63, 3.8) is 0 Å². The summed E-state index contributed by atoms with van der Waals surface area (Å²) in [6.07, 6.45) is 22.1. The summed E-state index contributed by atoms with van der Waals surface area (Å²) in [7, 11) is 0. The van der Waals surface area contributed by atoms with Crippen molar-refractivity contribution in [1.82, 2.24) is 5.43 Å². The van der Waals surface area contributed by atoms with E-state index in [4.69, 9.17) is 4.74 Å². The standard InChI is InChI=1S/C33H50N2O2/c1-3-4-5-6-7-8-9-10-11-12-13-14-15-16-17-18-33(36)35-34-27-30-23-25-32(26-24-30)37-28-31-21-19-29(2)20-22-31/h19-27H,3-18,28H2,1-2H3,(H,35,36)/b34-27-. The smallest absolute Gasteiger partial charge is 0.240 e. The summed E-state index contributed by atoms with van der Waals surface area (Å²) < 4.78 is 5.83. The third kappa shape index (κ3) is 16.0. The number of amides is 1. The maximum atomic E-state index is 12.0. The monoisotopic (exact) mass is 506 g/mol. The van der Waals surface area contributed by atoms with Crippen molar-refractivity contribution >= 4 is 12.1 Å². The number of rotatable bonds is 21. The summed E-state index contributed by atoms with van der Waals surface area (Å²) in [6, 6.07) is 16.1. The molecule has 1 N–H and O–H groups in total. The number of unbranched alkanes of at least 4 members (excludes halogenated alkanes) is 14. The van der Waals surface area contributed by atoms with Crippen molar-refractivity contribution in [1.29, 1.82) is 0 Å². The Labute approximate surface area is 226 Å². The fourth-order valence-electron chi connectivity index (χ4n) is 4.39. The lowest BCUT2D eigenvalue weighted by molar-refractivity contribution is -0.121. The fourth-order valence-corrected chi connectivity index (χ4v) is 4.39. The highest BCUT2D eigenvalue weighted by Gasteiger charge is 2.00. The van der Waals surface area contributed by atoms with Gasteiger partial charge in [-0.3, -0.25) is 4.79 Å². The predicted octanol–water partition coefficient (Wildman–Crippen LogP) is 9.29. The Morgan fingerprint density at radius 2 is 1.24 bits per heavy atom. The third-order valence-corrected chi connectivity index (χ3v) is 6.82. The van der Waals surface area contributed by atoms with Crippen LogP contribution in [0.1, 0.15) is 126 Å². The van der Waals surface area contributed by atoms with Gasteiger partial charge in [0, 0.05) is 6.42 Å². The molecular formula is C33H50N2O2. The van der Waals surface area contributed by atoms with Crippen LogP contribution in [-0.4, -0.2) is 12.1 Å². The zero-order chi connectivity index (χ0) is 26.4. The molecule has 0 aliphatic heterocycles. The molecule has 2 aromatic carbocycles. The van der Waals surface area contributed by atoms with E-state index < -0.39 is 0 Å². The Morgan fingerprint density at radius 3 is 1.78 bits per heavy atom. The van der Waals surface area contributed by atoms with Crippen LogP contribution >= 0.6 is 0 Å². The molecule has 0 bridgehead atoms. The van der Waals surface area contributed by atoms with E-state index in [0.717, 1.165) is 29.7 Å². The highest BCUT2D eigenvalue weighted by molar-refractivity contribution is 5.82. The molecule has 0 heterocycles. The van der Waals surface area contributed by atoms with Crippen molar-refractivity contribution in [2.45, 2.75) is 123 Å². The van der Waals surface area contributed by atoms with Crippen LogP contribution in [0.25, 0.3) is 0 Å². The average molecular weight is 507 g/mol. The first-order valence-electron chi connectivity index (χ1n) is 14.8. The molecule has 37 heavy (non-hydrogen) atoms. The summed E-state index contributed by atoms with van der Waals surface area (Å²) >= 11 is 0.